The molecule has 3 aromatic heterocycles. The van der Waals surface area contributed by atoms with Crippen molar-refractivity contribution in [3.05, 3.63) is 80.8 Å². The standard InChI is InChI=1S/C21H15N5O3S/c27-18(10-26-20(29)14-7-2-1-6-13(14)19(28)25-26)24-21-23-17(11-30-21)15-9-22-16-8-4-3-5-12(15)16/h1-9,11,22H,10H2,(H,25,28)(H,23,24,27). The number of carbonyl (C=O) groups is 1. The van der Waals surface area contributed by atoms with Crippen LogP contribution in [0.15, 0.2) is 69.7 Å². The van der Waals surface area contributed by atoms with E-state index in [9.17, 15) is 14.4 Å². The van der Waals surface area contributed by atoms with Crippen molar-refractivity contribution in [2.45, 2.75) is 6.54 Å². The average molecular weight is 417 g/mol. The monoisotopic (exact) mass is 417 g/mol. The van der Waals surface area contributed by atoms with Gasteiger partial charge in [-0.2, -0.15) is 0 Å². The highest BCUT2D eigenvalue weighted by molar-refractivity contribution is 7.14. The number of nitrogens with one attached hydrogen (secondary N) is 3. The van der Waals surface area contributed by atoms with Crippen LogP contribution in [-0.2, 0) is 11.3 Å². The summed E-state index contributed by atoms with van der Waals surface area (Å²) in [7, 11) is 0. The number of anilines is 1. The Balaban J connectivity index is 1.38. The number of amides is 1. The molecule has 0 aliphatic heterocycles. The quantitative estimate of drug-likeness (QED) is 0.417. The molecule has 0 aliphatic carbocycles. The van der Waals surface area contributed by atoms with E-state index in [1.807, 2.05) is 35.8 Å². The lowest BCUT2D eigenvalue weighted by atomic mass is 10.1. The molecule has 0 spiro atoms. The Hall–Kier alpha value is -3.98. The van der Waals surface area contributed by atoms with Crippen LogP contribution in [0.25, 0.3) is 32.9 Å². The second-order valence-corrected chi connectivity index (χ2v) is 7.57. The van der Waals surface area contributed by atoms with Gasteiger partial charge >= 0.3 is 0 Å². The molecule has 148 valence electrons. The molecule has 9 heteroatoms. The fraction of sp³-hybridized carbons (Fsp3) is 0.0476. The van der Waals surface area contributed by atoms with Gasteiger partial charge in [-0.1, -0.05) is 30.3 Å². The number of H-pyrrole nitrogens is 2. The van der Waals surface area contributed by atoms with Gasteiger partial charge < -0.3 is 10.3 Å². The lowest BCUT2D eigenvalue weighted by Gasteiger charge is -2.06. The number of carbonyl (C=O) groups excluding carboxylic acids is 1. The summed E-state index contributed by atoms with van der Waals surface area (Å²) in [6.45, 7) is -0.319. The summed E-state index contributed by atoms with van der Waals surface area (Å²) >= 11 is 1.29. The van der Waals surface area contributed by atoms with Crippen LogP contribution >= 0.6 is 11.3 Å². The minimum atomic E-state index is -0.456. The third-order valence-corrected chi connectivity index (χ3v) is 5.56. The Morgan fingerprint density at radius 3 is 2.60 bits per heavy atom. The van der Waals surface area contributed by atoms with Crippen molar-refractivity contribution in [2.24, 2.45) is 0 Å². The van der Waals surface area contributed by atoms with E-state index in [1.54, 1.807) is 24.3 Å². The fourth-order valence-corrected chi connectivity index (χ4v) is 4.13. The minimum absolute atomic E-state index is 0.268. The van der Waals surface area contributed by atoms with E-state index < -0.39 is 17.0 Å². The first-order valence-corrected chi connectivity index (χ1v) is 10.0. The van der Waals surface area contributed by atoms with Gasteiger partial charge in [0.25, 0.3) is 11.1 Å². The first-order valence-electron chi connectivity index (χ1n) is 9.14. The molecule has 0 aliphatic rings. The van der Waals surface area contributed by atoms with Crippen molar-refractivity contribution in [3.8, 4) is 11.3 Å². The predicted molar refractivity (Wildman–Crippen MR) is 117 cm³/mol. The van der Waals surface area contributed by atoms with Gasteiger partial charge in [-0.15, -0.1) is 11.3 Å². The highest BCUT2D eigenvalue weighted by Gasteiger charge is 2.13. The van der Waals surface area contributed by atoms with E-state index in [0.29, 0.717) is 10.5 Å². The molecule has 5 rings (SSSR count). The van der Waals surface area contributed by atoms with Gasteiger partial charge in [-0.25, -0.2) is 9.67 Å². The van der Waals surface area contributed by atoms with E-state index >= 15 is 0 Å². The number of aromatic nitrogens is 4. The maximum Gasteiger partial charge on any atom is 0.273 e. The summed E-state index contributed by atoms with van der Waals surface area (Å²) in [6.07, 6.45) is 1.88. The average Bonchev–Trinajstić information content (AvgIpc) is 3.38. The van der Waals surface area contributed by atoms with Gasteiger partial charge in [0.05, 0.1) is 16.5 Å². The van der Waals surface area contributed by atoms with Gasteiger partial charge in [-0.05, 0) is 18.2 Å². The van der Waals surface area contributed by atoms with Crippen LogP contribution in [0.1, 0.15) is 0 Å². The highest BCUT2D eigenvalue weighted by atomic mass is 32.1. The highest BCUT2D eigenvalue weighted by Crippen LogP contribution is 2.30. The van der Waals surface area contributed by atoms with E-state index in [0.717, 1.165) is 26.8 Å². The number of rotatable bonds is 4. The van der Waals surface area contributed by atoms with Crippen molar-refractivity contribution >= 4 is 44.1 Å². The molecule has 0 bridgehead atoms. The third-order valence-electron chi connectivity index (χ3n) is 4.80. The van der Waals surface area contributed by atoms with Crippen LogP contribution in [-0.4, -0.2) is 25.7 Å². The van der Waals surface area contributed by atoms with Gasteiger partial charge in [0.1, 0.15) is 6.54 Å². The number of aromatic amines is 2. The predicted octanol–water partition coefficient (Wildman–Crippen LogP) is 2.93. The van der Waals surface area contributed by atoms with Gasteiger partial charge in [-0.3, -0.25) is 19.5 Å². The minimum Gasteiger partial charge on any atom is -0.360 e. The molecule has 8 nitrogen and oxygen atoms in total. The molecule has 3 heterocycles. The Labute approximate surface area is 172 Å². The van der Waals surface area contributed by atoms with Crippen molar-refractivity contribution in [1.29, 1.82) is 0 Å². The number of hydrogen-bond donors (Lipinski definition) is 3. The molecular weight excluding hydrogens is 402 g/mol. The van der Waals surface area contributed by atoms with Gasteiger partial charge in [0.2, 0.25) is 5.91 Å². The fourth-order valence-electron chi connectivity index (χ4n) is 3.40. The summed E-state index contributed by atoms with van der Waals surface area (Å²) in [5.41, 5.74) is 1.83. The number of benzene rings is 2. The smallest absolute Gasteiger partial charge is 0.273 e. The molecular formula is C21H15N5O3S. The Morgan fingerprint density at radius 1 is 1.03 bits per heavy atom. The Kier molecular flexibility index (Phi) is 4.29. The lowest BCUT2D eigenvalue weighted by Crippen LogP contribution is -2.34. The van der Waals surface area contributed by atoms with Crippen molar-refractivity contribution in [1.82, 2.24) is 19.7 Å². The maximum atomic E-state index is 12.5. The van der Waals surface area contributed by atoms with Gasteiger partial charge in [0.15, 0.2) is 5.13 Å². The first kappa shape index (κ1) is 18.1. The second kappa shape index (κ2) is 7.12. The first-order chi connectivity index (χ1) is 14.6. The molecule has 0 unspecified atom stereocenters. The summed E-state index contributed by atoms with van der Waals surface area (Å²) in [5.74, 6) is -0.456. The molecule has 5 aromatic rings. The van der Waals surface area contributed by atoms with Crippen LogP contribution in [0.2, 0.25) is 0 Å². The van der Waals surface area contributed by atoms with Crippen LogP contribution in [0.4, 0.5) is 5.13 Å². The zero-order valence-electron chi connectivity index (χ0n) is 15.5. The zero-order valence-corrected chi connectivity index (χ0v) is 16.3. The van der Waals surface area contributed by atoms with E-state index in [4.69, 9.17) is 0 Å². The third kappa shape index (κ3) is 3.11. The second-order valence-electron chi connectivity index (χ2n) is 6.71. The summed E-state index contributed by atoms with van der Waals surface area (Å²) in [6, 6.07) is 14.4. The largest absolute Gasteiger partial charge is 0.360 e. The number of hydrogen-bond acceptors (Lipinski definition) is 5. The molecule has 0 fully saturated rings. The van der Waals surface area contributed by atoms with Crippen molar-refractivity contribution in [3.63, 3.8) is 0 Å². The van der Waals surface area contributed by atoms with Crippen LogP contribution in [0.3, 0.4) is 0 Å². The van der Waals surface area contributed by atoms with E-state index in [1.165, 1.54) is 11.3 Å². The molecule has 0 saturated carbocycles. The zero-order chi connectivity index (χ0) is 20.7. The summed E-state index contributed by atoms with van der Waals surface area (Å²) in [4.78, 5) is 44.9. The molecule has 0 radical (unpaired) electrons. The maximum absolute atomic E-state index is 12.5. The number of fused-ring (bicyclic) bond motifs is 2. The number of thiazole rings is 1. The summed E-state index contributed by atoms with van der Waals surface area (Å²) in [5, 5.41) is 9.02. The normalized spacial score (nSPS) is 11.2. The Bertz CT molecular complexity index is 1530. The van der Waals surface area contributed by atoms with Crippen LogP contribution in [0, 0.1) is 0 Å². The van der Waals surface area contributed by atoms with Gasteiger partial charge in [0, 0.05) is 28.0 Å². The SMILES string of the molecule is O=C(Cn1[nH]c(=O)c2ccccc2c1=O)Nc1nc(-c2c[nH]c3ccccc23)cs1. The lowest BCUT2D eigenvalue weighted by molar-refractivity contribution is -0.117. The molecule has 30 heavy (non-hydrogen) atoms. The topological polar surface area (TPSA) is 113 Å². The number of para-hydroxylation sites is 1. The van der Waals surface area contributed by atoms with Crippen molar-refractivity contribution < 1.29 is 4.79 Å². The van der Waals surface area contributed by atoms with Crippen LogP contribution < -0.4 is 16.4 Å². The Morgan fingerprint density at radius 2 is 1.77 bits per heavy atom. The number of nitrogens with zero attached hydrogens (tertiary/aromatic N) is 2. The molecule has 0 atom stereocenters. The molecule has 1 amide bonds. The van der Waals surface area contributed by atoms with E-state index in [2.05, 4.69) is 20.4 Å². The molecule has 3 N–H and O–H groups in total. The van der Waals surface area contributed by atoms with E-state index in [-0.39, 0.29) is 11.9 Å². The van der Waals surface area contributed by atoms with Crippen molar-refractivity contribution in [2.75, 3.05) is 5.32 Å². The molecule has 0 saturated heterocycles. The summed E-state index contributed by atoms with van der Waals surface area (Å²) < 4.78 is 1.01. The molecule has 2 aromatic carbocycles. The van der Waals surface area contributed by atoms with Crippen LogP contribution in [0.5, 0.6) is 0 Å².